The summed E-state index contributed by atoms with van der Waals surface area (Å²) in [6, 6.07) is 9.45. The molecule has 164 valence electrons. The van der Waals surface area contributed by atoms with Crippen molar-refractivity contribution in [1.82, 2.24) is 15.3 Å². The van der Waals surface area contributed by atoms with Crippen molar-refractivity contribution >= 4 is 44.8 Å². The highest BCUT2D eigenvalue weighted by molar-refractivity contribution is 8.03. The Hall–Kier alpha value is -2.19. The van der Waals surface area contributed by atoms with Crippen LogP contribution >= 0.6 is 23.2 Å². The molecule has 1 saturated heterocycles. The maximum absolute atomic E-state index is 13.6. The highest BCUT2D eigenvalue weighted by Crippen LogP contribution is 2.38. The van der Waals surface area contributed by atoms with E-state index in [1.807, 2.05) is 37.3 Å². The lowest BCUT2D eigenvalue weighted by molar-refractivity contribution is 0.585. The number of aryl methyl sites for hydroxylation is 1. The van der Waals surface area contributed by atoms with Crippen LogP contribution in [0.25, 0.3) is 11.1 Å². The molecule has 6 nitrogen and oxygen atoms in total. The molecule has 1 aromatic carbocycles. The largest absolute Gasteiger partial charge is 0.354 e. The lowest BCUT2D eigenvalue weighted by Gasteiger charge is -2.28. The third-order valence-corrected chi connectivity index (χ3v) is 8.20. The predicted octanol–water partition coefficient (Wildman–Crippen LogP) is 4.20. The first kappa shape index (κ1) is 22.0. The number of anilines is 2. The van der Waals surface area contributed by atoms with E-state index in [2.05, 4.69) is 24.9 Å². The van der Waals surface area contributed by atoms with Gasteiger partial charge >= 0.3 is 0 Å². The van der Waals surface area contributed by atoms with Gasteiger partial charge in [0, 0.05) is 44.8 Å². The van der Waals surface area contributed by atoms with E-state index in [4.69, 9.17) is 23.2 Å². The number of pyridine rings is 2. The standard InChI is InChI=1S/C22H25Cl2N5OS/c1-15-3-5-26-14-20(15)28-31(2,30)22-18(23)11-17(12-19(22)24)16-4-6-27-21(13-16)29-9-7-25-8-10-29/h3-6,11-14,25,31H,7-10H2,1-2H3,(H,28,30). The van der Waals surface area contributed by atoms with Crippen LogP contribution in [0.15, 0.2) is 53.8 Å². The van der Waals surface area contributed by atoms with Crippen LogP contribution in [0, 0.1) is 6.92 Å². The van der Waals surface area contributed by atoms with Gasteiger partial charge in [-0.3, -0.25) is 9.19 Å². The molecule has 2 aromatic heterocycles. The number of rotatable bonds is 5. The molecule has 1 aliphatic heterocycles. The number of hydrogen-bond acceptors (Lipinski definition) is 5. The van der Waals surface area contributed by atoms with Crippen molar-refractivity contribution in [1.29, 1.82) is 0 Å². The zero-order chi connectivity index (χ0) is 22.0. The van der Waals surface area contributed by atoms with E-state index in [0.29, 0.717) is 20.6 Å². The molecule has 0 unspecified atom stereocenters. The fourth-order valence-electron chi connectivity index (χ4n) is 3.67. The molecule has 0 saturated carbocycles. The van der Waals surface area contributed by atoms with E-state index in [0.717, 1.165) is 48.7 Å². The molecule has 0 atom stereocenters. The van der Waals surface area contributed by atoms with Crippen molar-refractivity contribution in [3.63, 3.8) is 0 Å². The van der Waals surface area contributed by atoms with Crippen molar-refractivity contribution in [2.24, 2.45) is 0 Å². The molecular formula is C22H25Cl2N5OS. The van der Waals surface area contributed by atoms with E-state index in [1.165, 1.54) is 0 Å². The van der Waals surface area contributed by atoms with Gasteiger partial charge in [-0.25, -0.2) is 4.98 Å². The molecule has 1 fully saturated rings. The number of hydrogen-bond donors (Lipinski definition) is 3. The first-order chi connectivity index (χ1) is 14.8. The Morgan fingerprint density at radius 3 is 2.45 bits per heavy atom. The molecule has 0 bridgehead atoms. The van der Waals surface area contributed by atoms with Gasteiger partial charge in [-0.1, -0.05) is 23.2 Å². The van der Waals surface area contributed by atoms with Crippen LogP contribution < -0.4 is 14.9 Å². The summed E-state index contributed by atoms with van der Waals surface area (Å²) in [6.07, 6.45) is 6.76. The number of nitrogens with zero attached hydrogens (tertiary/aromatic N) is 3. The Morgan fingerprint density at radius 2 is 1.77 bits per heavy atom. The summed E-state index contributed by atoms with van der Waals surface area (Å²) in [4.78, 5) is 11.3. The summed E-state index contributed by atoms with van der Waals surface area (Å²) in [7, 11) is -3.09. The number of thiol groups is 1. The Bertz CT molecular complexity index is 1130. The van der Waals surface area contributed by atoms with Crippen LogP contribution in [0.4, 0.5) is 11.5 Å². The Labute approximate surface area is 193 Å². The summed E-state index contributed by atoms with van der Waals surface area (Å²) in [6.45, 7) is 5.63. The van der Waals surface area contributed by atoms with Crippen molar-refractivity contribution < 1.29 is 4.21 Å². The van der Waals surface area contributed by atoms with Gasteiger partial charge in [0.1, 0.15) is 5.82 Å². The third-order valence-electron chi connectivity index (χ3n) is 5.34. The van der Waals surface area contributed by atoms with E-state index in [-0.39, 0.29) is 0 Å². The molecule has 0 radical (unpaired) electrons. The number of piperazine rings is 1. The molecule has 4 rings (SSSR count). The summed E-state index contributed by atoms with van der Waals surface area (Å²) in [5.41, 5.74) is 3.45. The highest BCUT2D eigenvalue weighted by atomic mass is 35.5. The SMILES string of the molecule is Cc1ccncc1N[SH](C)(=O)c1c(Cl)cc(-c2ccnc(N3CCNCC3)c2)cc1Cl. The number of halogens is 2. The molecule has 0 spiro atoms. The van der Waals surface area contributed by atoms with Crippen LogP contribution in [0.1, 0.15) is 5.56 Å². The van der Waals surface area contributed by atoms with Crippen LogP contribution in [-0.2, 0) is 10.1 Å². The first-order valence-electron chi connectivity index (χ1n) is 10.0. The van der Waals surface area contributed by atoms with Gasteiger partial charge in [0.05, 0.1) is 26.8 Å². The Morgan fingerprint density at radius 1 is 1.06 bits per heavy atom. The quantitative estimate of drug-likeness (QED) is 0.480. The summed E-state index contributed by atoms with van der Waals surface area (Å²) < 4.78 is 16.7. The minimum absolute atomic E-state index is 0.364. The molecular weight excluding hydrogens is 453 g/mol. The van der Waals surface area contributed by atoms with Gasteiger partial charge in [0.15, 0.2) is 0 Å². The second-order valence-corrected chi connectivity index (χ2v) is 11.0. The molecule has 3 aromatic rings. The summed E-state index contributed by atoms with van der Waals surface area (Å²) >= 11 is 13.2. The van der Waals surface area contributed by atoms with Crippen LogP contribution in [0.2, 0.25) is 10.0 Å². The number of aromatic nitrogens is 2. The monoisotopic (exact) mass is 477 g/mol. The minimum Gasteiger partial charge on any atom is -0.354 e. The smallest absolute Gasteiger partial charge is 0.129 e. The van der Waals surface area contributed by atoms with E-state index in [1.54, 1.807) is 24.8 Å². The topological polar surface area (TPSA) is 70.2 Å². The van der Waals surface area contributed by atoms with Crippen LogP contribution in [-0.4, -0.2) is 46.6 Å². The molecule has 3 heterocycles. The molecule has 0 amide bonds. The molecule has 1 aliphatic rings. The van der Waals surface area contributed by atoms with Gasteiger partial charge in [0.25, 0.3) is 0 Å². The highest BCUT2D eigenvalue weighted by Gasteiger charge is 2.22. The van der Waals surface area contributed by atoms with E-state index < -0.39 is 10.1 Å². The second-order valence-electron chi connectivity index (χ2n) is 7.65. The predicted molar refractivity (Wildman–Crippen MR) is 131 cm³/mol. The summed E-state index contributed by atoms with van der Waals surface area (Å²) in [5, 5.41) is 4.07. The maximum Gasteiger partial charge on any atom is 0.129 e. The summed E-state index contributed by atoms with van der Waals surface area (Å²) in [5.74, 6) is 0.921. The molecule has 9 heteroatoms. The minimum atomic E-state index is -3.09. The van der Waals surface area contributed by atoms with Crippen molar-refractivity contribution in [3.05, 3.63) is 64.5 Å². The Kier molecular flexibility index (Phi) is 6.48. The van der Waals surface area contributed by atoms with Gasteiger partial charge in [0.2, 0.25) is 0 Å². The number of nitrogens with one attached hydrogen (secondary N) is 2. The first-order valence-corrected chi connectivity index (χ1v) is 12.9. The maximum atomic E-state index is 13.6. The van der Waals surface area contributed by atoms with E-state index >= 15 is 0 Å². The van der Waals surface area contributed by atoms with Gasteiger partial charge in [-0.2, -0.15) is 0 Å². The van der Waals surface area contributed by atoms with Crippen LogP contribution in [0.5, 0.6) is 0 Å². The second kappa shape index (κ2) is 9.12. The average molecular weight is 478 g/mol. The van der Waals surface area contributed by atoms with Crippen LogP contribution in [0.3, 0.4) is 0 Å². The molecule has 2 N–H and O–H groups in total. The van der Waals surface area contributed by atoms with Crippen molar-refractivity contribution in [2.45, 2.75) is 11.8 Å². The zero-order valence-corrected chi connectivity index (χ0v) is 19.8. The number of benzene rings is 1. The Balaban J connectivity index is 1.66. The lowest BCUT2D eigenvalue weighted by atomic mass is 10.1. The van der Waals surface area contributed by atoms with Gasteiger partial charge in [-0.15, -0.1) is 0 Å². The molecule has 0 aliphatic carbocycles. The normalized spacial score (nSPS) is 15.0. The van der Waals surface area contributed by atoms with E-state index in [9.17, 15) is 4.21 Å². The third kappa shape index (κ3) is 4.85. The van der Waals surface area contributed by atoms with Gasteiger partial charge < -0.3 is 14.9 Å². The molecule has 31 heavy (non-hydrogen) atoms. The van der Waals surface area contributed by atoms with Gasteiger partial charge in [-0.05, 0) is 64.1 Å². The van der Waals surface area contributed by atoms with Crippen molar-refractivity contribution in [2.75, 3.05) is 42.1 Å². The fourth-order valence-corrected chi connectivity index (χ4v) is 6.88. The van der Waals surface area contributed by atoms with Crippen molar-refractivity contribution in [3.8, 4) is 11.1 Å². The zero-order valence-electron chi connectivity index (χ0n) is 17.4. The average Bonchev–Trinajstić information content (AvgIpc) is 2.75. The lowest BCUT2D eigenvalue weighted by Crippen LogP contribution is -2.43. The fraction of sp³-hybridized carbons (Fsp3) is 0.273.